The second-order valence-electron chi connectivity index (χ2n) is 9.50. The normalized spacial score (nSPS) is 12.3. The summed E-state index contributed by atoms with van der Waals surface area (Å²) in [4.78, 5) is 29.4. The van der Waals surface area contributed by atoms with Crippen molar-refractivity contribution in [1.29, 1.82) is 0 Å². The third-order valence-corrected chi connectivity index (χ3v) is 5.41. The van der Waals surface area contributed by atoms with Crippen molar-refractivity contribution in [2.75, 3.05) is 6.54 Å². The summed E-state index contributed by atoms with van der Waals surface area (Å²) in [6.07, 6.45) is 1.15. The van der Waals surface area contributed by atoms with Gasteiger partial charge in [0.2, 0.25) is 17.6 Å². The van der Waals surface area contributed by atoms with Crippen molar-refractivity contribution in [3.8, 4) is 11.4 Å². The van der Waals surface area contributed by atoms with Crippen LogP contribution in [0.4, 0.5) is 0 Å². The zero-order valence-corrected chi connectivity index (χ0v) is 20.7. The van der Waals surface area contributed by atoms with Crippen LogP contribution in [0.15, 0.2) is 54.6 Å². The molecule has 3 aromatic rings. The number of hydrogen-bond donors (Lipinski definition) is 1. The molecule has 1 aromatic heterocycles. The Morgan fingerprint density at radius 1 is 1.06 bits per heavy atom. The molecule has 2 aromatic carbocycles. The van der Waals surface area contributed by atoms with Crippen LogP contribution in [0, 0.1) is 6.92 Å². The molecule has 0 saturated heterocycles. The number of amides is 2. The Morgan fingerprint density at radius 3 is 2.35 bits per heavy atom. The predicted octanol–water partition coefficient (Wildman–Crippen LogP) is 3.41. The first-order chi connectivity index (χ1) is 16.2. The average molecular weight is 463 g/mol. The van der Waals surface area contributed by atoms with Crippen molar-refractivity contribution in [1.82, 2.24) is 30.4 Å². The average Bonchev–Trinajstić information content (AvgIpc) is 3.24. The summed E-state index contributed by atoms with van der Waals surface area (Å²) in [6, 6.07) is 17.2. The molecule has 0 aliphatic heterocycles. The van der Waals surface area contributed by atoms with Crippen molar-refractivity contribution in [3.05, 3.63) is 65.7 Å². The minimum absolute atomic E-state index is 0.0903. The monoisotopic (exact) mass is 462 g/mol. The van der Waals surface area contributed by atoms with Crippen LogP contribution in [0.25, 0.3) is 11.4 Å². The molecule has 0 fully saturated rings. The van der Waals surface area contributed by atoms with Crippen molar-refractivity contribution in [2.24, 2.45) is 0 Å². The number of carbonyl (C=O) groups is 2. The fourth-order valence-electron chi connectivity index (χ4n) is 3.69. The second kappa shape index (κ2) is 11.0. The summed E-state index contributed by atoms with van der Waals surface area (Å²) in [5.74, 6) is 0.0733. The van der Waals surface area contributed by atoms with Crippen LogP contribution in [0.5, 0.6) is 0 Å². The third-order valence-electron chi connectivity index (χ3n) is 5.41. The van der Waals surface area contributed by atoms with Crippen molar-refractivity contribution >= 4 is 11.8 Å². The van der Waals surface area contributed by atoms with Gasteiger partial charge in [0.25, 0.3) is 0 Å². The number of nitrogens with one attached hydrogen (secondary N) is 1. The van der Waals surface area contributed by atoms with E-state index < -0.39 is 11.6 Å². The molecule has 0 bridgehead atoms. The highest BCUT2D eigenvalue weighted by Crippen LogP contribution is 2.15. The first-order valence-corrected chi connectivity index (χ1v) is 11.7. The Labute approximate surface area is 201 Å². The quantitative estimate of drug-likeness (QED) is 0.526. The van der Waals surface area contributed by atoms with Gasteiger partial charge >= 0.3 is 0 Å². The molecule has 8 nitrogen and oxygen atoms in total. The molecule has 1 unspecified atom stereocenters. The topological polar surface area (TPSA) is 93.0 Å². The van der Waals surface area contributed by atoms with Gasteiger partial charge in [-0.1, -0.05) is 67.1 Å². The smallest absolute Gasteiger partial charge is 0.246 e. The van der Waals surface area contributed by atoms with Crippen LogP contribution in [0.2, 0.25) is 0 Å². The third kappa shape index (κ3) is 6.97. The molecular formula is C26H34N6O2. The Hall–Kier alpha value is -3.55. The maximum absolute atomic E-state index is 13.4. The molecular weight excluding hydrogens is 428 g/mol. The second-order valence-corrected chi connectivity index (χ2v) is 9.50. The Kier molecular flexibility index (Phi) is 8.15. The van der Waals surface area contributed by atoms with Crippen LogP contribution < -0.4 is 5.32 Å². The Morgan fingerprint density at radius 2 is 1.74 bits per heavy atom. The molecule has 1 heterocycles. The zero-order valence-electron chi connectivity index (χ0n) is 20.7. The number of nitrogens with zero attached hydrogens (tertiary/aromatic N) is 5. The van der Waals surface area contributed by atoms with E-state index in [-0.39, 0.29) is 18.4 Å². The van der Waals surface area contributed by atoms with Gasteiger partial charge in [0, 0.05) is 17.6 Å². The van der Waals surface area contributed by atoms with E-state index in [1.54, 1.807) is 4.90 Å². The number of aromatic nitrogens is 4. The highest BCUT2D eigenvalue weighted by Gasteiger charge is 2.30. The first kappa shape index (κ1) is 25.1. The first-order valence-electron chi connectivity index (χ1n) is 11.7. The Bertz CT molecular complexity index is 1090. The summed E-state index contributed by atoms with van der Waals surface area (Å²) < 4.78 is 0. The summed E-state index contributed by atoms with van der Waals surface area (Å²) >= 11 is 0. The summed E-state index contributed by atoms with van der Waals surface area (Å²) in [6.45, 7) is 10.0. The van der Waals surface area contributed by atoms with Crippen LogP contribution in [-0.4, -0.2) is 55.0 Å². The molecule has 0 saturated carbocycles. The number of hydrogen-bond acceptors (Lipinski definition) is 5. The standard InChI is InChI=1S/C26H34N6O2/c1-6-22(25(34)27-26(3,4)5)31(17-16-20-10-8-7-9-11-20)23(33)18-32-29-24(28-30-32)21-14-12-19(2)13-15-21/h7-15,22H,6,16-18H2,1-5H3,(H,27,34). The summed E-state index contributed by atoms with van der Waals surface area (Å²) in [5.41, 5.74) is 2.68. The predicted molar refractivity (Wildman–Crippen MR) is 132 cm³/mol. The summed E-state index contributed by atoms with van der Waals surface area (Å²) in [5, 5.41) is 15.6. The van der Waals surface area contributed by atoms with Crippen LogP contribution in [0.3, 0.4) is 0 Å². The molecule has 0 aliphatic rings. The number of carbonyl (C=O) groups excluding carboxylic acids is 2. The lowest BCUT2D eigenvalue weighted by Gasteiger charge is -2.33. The van der Waals surface area contributed by atoms with E-state index in [4.69, 9.17) is 0 Å². The van der Waals surface area contributed by atoms with E-state index >= 15 is 0 Å². The van der Waals surface area contributed by atoms with Gasteiger partial charge < -0.3 is 10.2 Å². The fraction of sp³-hybridized carbons (Fsp3) is 0.423. The molecule has 180 valence electrons. The number of aryl methyl sites for hydroxylation is 1. The largest absolute Gasteiger partial charge is 0.350 e. The molecule has 0 aliphatic carbocycles. The van der Waals surface area contributed by atoms with Crippen molar-refractivity contribution < 1.29 is 9.59 Å². The van der Waals surface area contributed by atoms with E-state index in [1.165, 1.54) is 4.80 Å². The minimum atomic E-state index is -0.587. The SMILES string of the molecule is CCC(C(=O)NC(C)(C)C)N(CCc1ccccc1)C(=O)Cn1nnc(-c2ccc(C)cc2)n1. The molecule has 1 N–H and O–H groups in total. The number of benzene rings is 2. The maximum atomic E-state index is 13.4. The van der Waals surface area contributed by atoms with Crippen molar-refractivity contribution in [2.45, 2.75) is 65.6 Å². The van der Waals surface area contributed by atoms with Crippen LogP contribution in [-0.2, 0) is 22.6 Å². The highest BCUT2D eigenvalue weighted by atomic mass is 16.2. The number of rotatable bonds is 9. The molecule has 2 amide bonds. The van der Waals surface area contributed by atoms with Crippen LogP contribution >= 0.6 is 0 Å². The fourth-order valence-corrected chi connectivity index (χ4v) is 3.69. The van der Waals surface area contributed by atoms with Crippen LogP contribution in [0.1, 0.15) is 45.2 Å². The summed E-state index contributed by atoms with van der Waals surface area (Å²) in [7, 11) is 0. The lowest BCUT2D eigenvalue weighted by atomic mass is 10.1. The van der Waals surface area contributed by atoms with E-state index in [2.05, 4.69) is 20.7 Å². The van der Waals surface area contributed by atoms with Gasteiger partial charge in [0.05, 0.1) is 0 Å². The molecule has 1 atom stereocenters. The van der Waals surface area contributed by atoms with Gasteiger partial charge in [-0.05, 0) is 51.3 Å². The molecule has 34 heavy (non-hydrogen) atoms. The lowest BCUT2D eigenvalue weighted by Crippen LogP contribution is -2.54. The maximum Gasteiger partial charge on any atom is 0.246 e. The van der Waals surface area contributed by atoms with E-state index in [0.717, 1.165) is 16.7 Å². The van der Waals surface area contributed by atoms with Gasteiger partial charge in [-0.2, -0.15) is 4.80 Å². The molecule has 0 radical (unpaired) electrons. The number of tetrazole rings is 1. The molecule has 3 rings (SSSR count). The Balaban J connectivity index is 1.79. The molecule has 8 heteroatoms. The van der Waals surface area contributed by atoms with E-state index in [0.29, 0.717) is 25.2 Å². The van der Waals surface area contributed by atoms with Gasteiger partial charge in [0.15, 0.2) is 0 Å². The zero-order chi connectivity index (χ0) is 24.7. The molecule has 0 spiro atoms. The van der Waals surface area contributed by atoms with Gasteiger partial charge in [-0.3, -0.25) is 9.59 Å². The van der Waals surface area contributed by atoms with E-state index in [1.807, 2.05) is 89.2 Å². The van der Waals surface area contributed by atoms with Crippen molar-refractivity contribution in [3.63, 3.8) is 0 Å². The van der Waals surface area contributed by atoms with Gasteiger partial charge in [-0.25, -0.2) is 0 Å². The van der Waals surface area contributed by atoms with E-state index in [9.17, 15) is 9.59 Å². The lowest BCUT2D eigenvalue weighted by molar-refractivity contribution is -0.142. The minimum Gasteiger partial charge on any atom is -0.350 e. The van der Waals surface area contributed by atoms with Gasteiger partial charge in [-0.15, -0.1) is 10.2 Å². The van der Waals surface area contributed by atoms with Gasteiger partial charge in [0.1, 0.15) is 12.6 Å². The highest BCUT2D eigenvalue weighted by molar-refractivity contribution is 5.88.